The predicted octanol–water partition coefficient (Wildman–Crippen LogP) is 6.30. The second-order valence-electron chi connectivity index (χ2n) is 7.23. The second-order valence-corrected chi connectivity index (χ2v) is 8.45. The highest BCUT2D eigenvalue weighted by Crippen LogP contribution is 2.14. The summed E-state index contributed by atoms with van der Waals surface area (Å²) in [5, 5.41) is 9.58. The lowest BCUT2D eigenvalue weighted by atomic mass is 10.0. The zero-order chi connectivity index (χ0) is 17.7. The van der Waals surface area contributed by atoms with Gasteiger partial charge in [0.1, 0.15) is 0 Å². The van der Waals surface area contributed by atoms with Crippen LogP contribution in [-0.2, 0) is 0 Å². The molecule has 146 valence electrons. The van der Waals surface area contributed by atoms with Crippen LogP contribution in [0.4, 0.5) is 0 Å². The highest BCUT2D eigenvalue weighted by Gasteiger charge is 2.01. The summed E-state index contributed by atoms with van der Waals surface area (Å²) in [5.41, 5.74) is 5.43. The molecule has 0 fully saturated rings. The molecular formula is C21H45NOS. The largest absolute Gasteiger partial charge is 0.393 e. The van der Waals surface area contributed by atoms with E-state index in [-0.39, 0.29) is 6.10 Å². The first-order valence-electron chi connectivity index (χ1n) is 10.8. The van der Waals surface area contributed by atoms with Crippen molar-refractivity contribution in [2.24, 2.45) is 5.73 Å². The fourth-order valence-corrected chi connectivity index (χ4v) is 4.11. The van der Waals surface area contributed by atoms with E-state index in [2.05, 4.69) is 6.92 Å². The number of unbranched alkanes of at least 4 members (excludes halogenated alkanes) is 13. The van der Waals surface area contributed by atoms with Crippen molar-refractivity contribution in [1.82, 2.24) is 0 Å². The van der Waals surface area contributed by atoms with Gasteiger partial charge in [-0.2, -0.15) is 11.8 Å². The number of nitrogens with two attached hydrogens (primary N) is 1. The zero-order valence-corrected chi connectivity index (χ0v) is 17.3. The van der Waals surface area contributed by atoms with E-state index < -0.39 is 0 Å². The van der Waals surface area contributed by atoms with Crippen LogP contribution >= 0.6 is 11.8 Å². The van der Waals surface area contributed by atoms with Crippen molar-refractivity contribution in [2.75, 3.05) is 18.1 Å². The van der Waals surface area contributed by atoms with Crippen LogP contribution in [0, 0.1) is 0 Å². The molecule has 24 heavy (non-hydrogen) atoms. The van der Waals surface area contributed by atoms with E-state index in [1.807, 2.05) is 11.8 Å². The SMILES string of the molecule is CCCCCCCCCCCCCCCCSCCC(O)CCN. The minimum atomic E-state index is -0.182. The van der Waals surface area contributed by atoms with E-state index in [0.29, 0.717) is 6.54 Å². The first-order chi connectivity index (χ1) is 11.8. The summed E-state index contributed by atoms with van der Waals surface area (Å²) in [6.07, 6.45) is 21.4. The lowest BCUT2D eigenvalue weighted by molar-refractivity contribution is 0.164. The molecule has 0 heterocycles. The molecule has 0 aromatic heterocycles. The lowest BCUT2D eigenvalue weighted by Gasteiger charge is -2.08. The summed E-state index contributed by atoms with van der Waals surface area (Å²) in [6.45, 7) is 2.89. The minimum Gasteiger partial charge on any atom is -0.393 e. The van der Waals surface area contributed by atoms with E-state index in [1.54, 1.807) is 0 Å². The fraction of sp³-hybridized carbons (Fsp3) is 1.00. The Balaban J connectivity index is 3.00. The zero-order valence-electron chi connectivity index (χ0n) is 16.4. The van der Waals surface area contributed by atoms with E-state index in [0.717, 1.165) is 18.6 Å². The highest BCUT2D eigenvalue weighted by atomic mass is 32.2. The fourth-order valence-electron chi connectivity index (χ4n) is 3.06. The van der Waals surface area contributed by atoms with E-state index in [4.69, 9.17) is 5.73 Å². The van der Waals surface area contributed by atoms with Gasteiger partial charge in [-0.25, -0.2) is 0 Å². The number of thioether (sulfide) groups is 1. The Morgan fingerprint density at radius 2 is 1.12 bits per heavy atom. The van der Waals surface area contributed by atoms with Crippen molar-refractivity contribution in [2.45, 2.75) is 116 Å². The maximum absolute atomic E-state index is 9.58. The van der Waals surface area contributed by atoms with Gasteiger partial charge in [0.15, 0.2) is 0 Å². The van der Waals surface area contributed by atoms with Gasteiger partial charge in [0.2, 0.25) is 0 Å². The number of hydrogen-bond acceptors (Lipinski definition) is 3. The maximum atomic E-state index is 9.58. The van der Waals surface area contributed by atoms with Crippen molar-refractivity contribution >= 4 is 11.8 Å². The molecule has 0 aromatic rings. The Morgan fingerprint density at radius 3 is 1.58 bits per heavy atom. The Morgan fingerprint density at radius 1 is 0.667 bits per heavy atom. The third-order valence-corrected chi connectivity index (χ3v) is 5.84. The van der Waals surface area contributed by atoms with Crippen LogP contribution in [0.5, 0.6) is 0 Å². The normalized spacial score (nSPS) is 12.6. The summed E-state index contributed by atoms with van der Waals surface area (Å²) in [7, 11) is 0. The molecule has 0 bridgehead atoms. The van der Waals surface area contributed by atoms with Gasteiger partial charge in [0.05, 0.1) is 6.10 Å². The molecule has 0 saturated carbocycles. The number of aliphatic hydroxyl groups is 1. The molecule has 0 aliphatic rings. The predicted molar refractivity (Wildman–Crippen MR) is 112 cm³/mol. The monoisotopic (exact) mass is 359 g/mol. The molecule has 0 aliphatic heterocycles. The number of rotatable bonds is 20. The summed E-state index contributed by atoms with van der Waals surface area (Å²) >= 11 is 1.99. The molecular weight excluding hydrogens is 314 g/mol. The molecule has 1 atom stereocenters. The number of aliphatic hydroxyl groups excluding tert-OH is 1. The molecule has 1 unspecified atom stereocenters. The van der Waals surface area contributed by atoms with Crippen molar-refractivity contribution in [3.8, 4) is 0 Å². The molecule has 3 heteroatoms. The van der Waals surface area contributed by atoms with E-state index in [1.165, 1.54) is 95.6 Å². The molecule has 0 aromatic carbocycles. The van der Waals surface area contributed by atoms with Crippen LogP contribution < -0.4 is 5.73 Å². The molecule has 0 rings (SSSR count). The van der Waals surface area contributed by atoms with Gasteiger partial charge in [-0.15, -0.1) is 0 Å². The van der Waals surface area contributed by atoms with Crippen LogP contribution in [0.2, 0.25) is 0 Å². The molecule has 3 N–H and O–H groups in total. The summed E-state index contributed by atoms with van der Waals surface area (Å²) in [4.78, 5) is 0. The van der Waals surface area contributed by atoms with Gasteiger partial charge in [-0.05, 0) is 37.3 Å². The summed E-state index contributed by atoms with van der Waals surface area (Å²) in [6, 6.07) is 0. The van der Waals surface area contributed by atoms with Crippen LogP contribution in [0.1, 0.15) is 110 Å². The van der Waals surface area contributed by atoms with Crippen molar-refractivity contribution in [3.05, 3.63) is 0 Å². The molecule has 0 saturated heterocycles. The first-order valence-corrected chi connectivity index (χ1v) is 11.9. The average molecular weight is 360 g/mol. The van der Waals surface area contributed by atoms with Crippen LogP contribution in [0.25, 0.3) is 0 Å². The Hall–Kier alpha value is 0.270. The second kappa shape index (κ2) is 21.3. The van der Waals surface area contributed by atoms with Crippen LogP contribution in [0.3, 0.4) is 0 Å². The molecule has 0 spiro atoms. The van der Waals surface area contributed by atoms with E-state index >= 15 is 0 Å². The maximum Gasteiger partial charge on any atom is 0.0560 e. The molecule has 2 nitrogen and oxygen atoms in total. The van der Waals surface area contributed by atoms with Gasteiger partial charge in [-0.1, -0.05) is 90.4 Å². The Kier molecular flexibility index (Phi) is 21.6. The summed E-state index contributed by atoms with van der Waals surface area (Å²) in [5.74, 6) is 2.34. The molecule has 0 amide bonds. The van der Waals surface area contributed by atoms with Crippen LogP contribution in [-0.4, -0.2) is 29.3 Å². The van der Waals surface area contributed by atoms with Crippen molar-refractivity contribution in [3.63, 3.8) is 0 Å². The minimum absolute atomic E-state index is 0.182. The number of hydrogen-bond donors (Lipinski definition) is 2. The smallest absolute Gasteiger partial charge is 0.0560 e. The van der Waals surface area contributed by atoms with Crippen LogP contribution in [0.15, 0.2) is 0 Å². The lowest BCUT2D eigenvalue weighted by Crippen LogP contribution is -2.14. The average Bonchev–Trinajstić information content (AvgIpc) is 2.58. The Labute approximate surface area is 156 Å². The third kappa shape index (κ3) is 20.3. The molecule has 0 radical (unpaired) electrons. The van der Waals surface area contributed by atoms with Gasteiger partial charge >= 0.3 is 0 Å². The van der Waals surface area contributed by atoms with Gasteiger partial charge < -0.3 is 10.8 Å². The van der Waals surface area contributed by atoms with Gasteiger partial charge in [0.25, 0.3) is 0 Å². The highest BCUT2D eigenvalue weighted by molar-refractivity contribution is 7.99. The topological polar surface area (TPSA) is 46.2 Å². The quantitative estimate of drug-likeness (QED) is 0.251. The standard InChI is InChI=1S/C21H45NOS/c1-2-3-4-5-6-7-8-9-10-11-12-13-14-15-19-24-20-17-21(23)16-18-22/h21,23H,2-20,22H2,1H3. The van der Waals surface area contributed by atoms with Gasteiger partial charge in [-0.3, -0.25) is 0 Å². The van der Waals surface area contributed by atoms with Crippen molar-refractivity contribution < 1.29 is 5.11 Å². The summed E-state index contributed by atoms with van der Waals surface area (Å²) < 4.78 is 0. The third-order valence-electron chi connectivity index (χ3n) is 4.74. The Bertz CT molecular complexity index is 226. The first kappa shape index (κ1) is 24.3. The molecule has 0 aliphatic carbocycles. The van der Waals surface area contributed by atoms with Gasteiger partial charge in [0, 0.05) is 0 Å². The van der Waals surface area contributed by atoms with E-state index in [9.17, 15) is 5.11 Å². The van der Waals surface area contributed by atoms with Crippen molar-refractivity contribution in [1.29, 1.82) is 0 Å².